The number of methoxy groups -OCH3 is 2. The van der Waals surface area contributed by atoms with E-state index < -0.39 is 0 Å². The molecule has 116 valence electrons. The van der Waals surface area contributed by atoms with Crippen LogP contribution in [-0.2, 0) is 9.47 Å². The number of ether oxygens (including phenoxy) is 2. The molecule has 0 aromatic carbocycles. The largest absolute Gasteiger partial charge is 0.374 e. The zero-order valence-corrected chi connectivity index (χ0v) is 13.8. The number of hydrogen-bond donors (Lipinski definition) is 0. The van der Waals surface area contributed by atoms with Crippen LogP contribution in [0.15, 0.2) is 0 Å². The standard InChI is InChI=1S/C14H28N4O2/c1-8-17(9-10(2)3)18-13(11(4)19-6)15-16-14(18)12(5)20-7/h10-12H,8-9H2,1-7H3/t11-,12-/m0/s1. The van der Waals surface area contributed by atoms with Gasteiger partial charge < -0.3 is 14.5 Å². The van der Waals surface area contributed by atoms with Crippen molar-refractivity contribution < 1.29 is 9.47 Å². The number of nitrogens with zero attached hydrogens (tertiary/aromatic N) is 4. The second kappa shape index (κ2) is 7.59. The highest BCUT2D eigenvalue weighted by Gasteiger charge is 2.24. The van der Waals surface area contributed by atoms with Crippen LogP contribution in [0, 0.1) is 5.92 Å². The lowest BCUT2D eigenvalue weighted by molar-refractivity contribution is 0.0984. The van der Waals surface area contributed by atoms with Crippen LogP contribution in [0.4, 0.5) is 0 Å². The molecule has 0 aliphatic heterocycles. The molecule has 6 heteroatoms. The van der Waals surface area contributed by atoms with Gasteiger partial charge in [-0.2, -0.15) is 0 Å². The van der Waals surface area contributed by atoms with Gasteiger partial charge >= 0.3 is 0 Å². The topological polar surface area (TPSA) is 52.4 Å². The van der Waals surface area contributed by atoms with Crippen molar-refractivity contribution in [1.82, 2.24) is 14.9 Å². The molecule has 0 radical (unpaired) electrons. The molecular weight excluding hydrogens is 256 g/mol. The smallest absolute Gasteiger partial charge is 0.180 e. The minimum atomic E-state index is -0.110. The Hall–Kier alpha value is -1.14. The van der Waals surface area contributed by atoms with Crippen LogP contribution in [0.2, 0.25) is 0 Å². The maximum atomic E-state index is 5.41. The molecule has 20 heavy (non-hydrogen) atoms. The third-order valence-electron chi connectivity index (χ3n) is 3.35. The van der Waals surface area contributed by atoms with Crippen LogP contribution in [0.3, 0.4) is 0 Å². The monoisotopic (exact) mass is 284 g/mol. The average molecular weight is 284 g/mol. The van der Waals surface area contributed by atoms with Crippen molar-refractivity contribution in [2.45, 2.75) is 46.8 Å². The highest BCUT2D eigenvalue weighted by molar-refractivity contribution is 5.07. The van der Waals surface area contributed by atoms with Gasteiger partial charge in [-0.15, -0.1) is 10.2 Å². The first-order chi connectivity index (χ1) is 9.46. The summed E-state index contributed by atoms with van der Waals surface area (Å²) >= 11 is 0. The highest BCUT2D eigenvalue weighted by Crippen LogP contribution is 2.21. The van der Waals surface area contributed by atoms with Crippen LogP contribution in [0.5, 0.6) is 0 Å². The van der Waals surface area contributed by atoms with Gasteiger partial charge in [0, 0.05) is 27.3 Å². The maximum absolute atomic E-state index is 5.41. The Morgan fingerprint density at radius 3 is 1.75 bits per heavy atom. The van der Waals surface area contributed by atoms with Gasteiger partial charge in [0.1, 0.15) is 12.2 Å². The van der Waals surface area contributed by atoms with Gasteiger partial charge in [0.2, 0.25) is 0 Å². The van der Waals surface area contributed by atoms with E-state index in [9.17, 15) is 0 Å². The van der Waals surface area contributed by atoms with Crippen LogP contribution in [-0.4, -0.2) is 42.2 Å². The van der Waals surface area contributed by atoms with Crippen LogP contribution in [0.1, 0.15) is 58.5 Å². The molecule has 0 saturated carbocycles. The van der Waals surface area contributed by atoms with Crippen molar-refractivity contribution in [2.24, 2.45) is 5.92 Å². The Morgan fingerprint density at radius 1 is 1.00 bits per heavy atom. The molecule has 6 nitrogen and oxygen atoms in total. The first-order valence-electron chi connectivity index (χ1n) is 7.22. The van der Waals surface area contributed by atoms with Gasteiger partial charge in [0.15, 0.2) is 11.6 Å². The number of rotatable bonds is 8. The normalized spacial score (nSPS) is 14.6. The van der Waals surface area contributed by atoms with Crippen molar-refractivity contribution in [3.63, 3.8) is 0 Å². The van der Waals surface area contributed by atoms with E-state index in [1.165, 1.54) is 0 Å². The van der Waals surface area contributed by atoms with E-state index in [4.69, 9.17) is 9.47 Å². The molecular formula is C14H28N4O2. The fraction of sp³-hybridized carbons (Fsp3) is 0.857. The molecule has 1 rings (SSSR count). The second-order valence-electron chi connectivity index (χ2n) is 5.38. The predicted octanol–water partition coefficient (Wildman–Crippen LogP) is 2.31. The first-order valence-corrected chi connectivity index (χ1v) is 7.22. The molecule has 1 aromatic rings. The molecule has 0 spiro atoms. The van der Waals surface area contributed by atoms with Crippen molar-refractivity contribution >= 4 is 0 Å². The van der Waals surface area contributed by atoms with Gasteiger partial charge in [0.25, 0.3) is 0 Å². The van der Waals surface area contributed by atoms with Crippen molar-refractivity contribution in [3.05, 3.63) is 11.6 Å². The number of hydrogen-bond acceptors (Lipinski definition) is 5. The van der Waals surface area contributed by atoms with E-state index in [1.54, 1.807) is 14.2 Å². The molecule has 0 bridgehead atoms. The summed E-state index contributed by atoms with van der Waals surface area (Å²) in [6.07, 6.45) is -0.219. The lowest BCUT2D eigenvalue weighted by Crippen LogP contribution is -2.40. The molecule has 0 aliphatic rings. The second-order valence-corrected chi connectivity index (χ2v) is 5.38. The Labute approximate surface area is 122 Å². The van der Waals surface area contributed by atoms with Crippen molar-refractivity contribution in [2.75, 3.05) is 32.3 Å². The molecule has 0 amide bonds. The van der Waals surface area contributed by atoms with Gasteiger partial charge in [-0.05, 0) is 26.7 Å². The minimum absolute atomic E-state index is 0.110. The van der Waals surface area contributed by atoms with Crippen molar-refractivity contribution in [3.8, 4) is 0 Å². The van der Waals surface area contributed by atoms with Gasteiger partial charge in [0.05, 0.1) is 0 Å². The summed E-state index contributed by atoms with van der Waals surface area (Å²) in [5.74, 6) is 2.18. The molecule has 0 N–H and O–H groups in total. The third kappa shape index (κ3) is 3.70. The molecule has 1 heterocycles. The molecule has 2 atom stereocenters. The van der Waals surface area contributed by atoms with E-state index in [0.29, 0.717) is 5.92 Å². The average Bonchev–Trinajstić information content (AvgIpc) is 2.87. The van der Waals surface area contributed by atoms with Crippen molar-refractivity contribution in [1.29, 1.82) is 0 Å². The molecule has 0 unspecified atom stereocenters. The summed E-state index contributed by atoms with van der Waals surface area (Å²) in [6.45, 7) is 12.3. The van der Waals surface area contributed by atoms with E-state index in [1.807, 2.05) is 13.8 Å². The third-order valence-corrected chi connectivity index (χ3v) is 3.35. The molecule has 1 aromatic heterocycles. The summed E-state index contributed by atoms with van der Waals surface area (Å²) in [7, 11) is 3.36. The Morgan fingerprint density at radius 2 is 1.45 bits per heavy atom. The highest BCUT2D eigenvalue weighted by atomic mass is 16.5. The van der Waals surface area contributed by atoms with Crippen LogP contribution < -0.4 is 5.01 Å². The van der Waals surface area contributed by atoms with E-state index in [2.05, 4.69) is 40.7 Å². The predicted molar refractivity (Wildman–Crippen MR) is 79.3 cm³/mol. The molecule has 0 fully saturated rings. The van der Waals surface area contributed by atoms with E-state index >= 15 is 0 Å². The van der Waals surface area contributed by atoms with Gasteiger partial charge in [-0.25, -0.2) is 4.68 Å². The lowest BCUT2D eigenvalue weighted by Gasteiger charge is -2.30. The molecule has 0 saturated heterocycles. The SMILES string of the molecule is CCN(CC(C)C)n1c([C@H](C)OC)nnc1[C@H](C)OC. The van der Waals surface area contributed by atoms with Crippen LogP contribution >= 0.6 is 0 Å². The maximum Gasteiger partial charge on any atom is 0.180 e. The zero-order chi connectivity index (χ0) is 15.3. The summed E-state index contributed by atoms with van der Waals surface area (Å²) in [5, 5.41) is 10.8. The first kappa shape index (κ1) is 16.9. The Bertz CT molecular complexity index is 378. The van der Waals surface area contributed by atoms with E-state index in [0.717, 1.165) is 24.7 Å². The van der Waals surface area contributed by atoms with Gasteiger partial charge in [-0.1, -0.05) is 13.8 Å². The Balaban J connectivity index is 3.24. The minimum Gasteiger partial charge on any atom is -0.374 e. The Kier molecular flexibility index (Phi) is 6.42. The number of aromatic nitrogens is 3. The van der Waals surface area contributed by atoms with Gasteiger partial charge in [-0.3, -0.25) is 0 Å². The summed E-state index contributed by atoms with van der Waals surface area (Å²) in [6, 6.07) is 0. The zero-order valence-electron chi connectivity index (χ0n) is 13.8. The fourth-order valence-electron chi connectivity index (χ4n) is 2.09. The summed E-state index contributed by atoms with van der Waals surface area (Å²) < 4.78 is 12.9. The quantitative estimate of drug-likeness (QED) is 0.733. The fourth-order valence-corrected chi connectivity index (χ4v) is 2.09. The van der Waals surface area contributed by atoms with Crippen LogP contribution in [0.25, 0.3) is 0 Å². The van der Waals surface area contributed by atoms with E-state index in [-0.39, 0.29) is 12.2 Å². The summed E-state index contributed by atoms with van der Waals surface area (Å²) in [5.41, 5.74) is 0. The molecule has 0 aliphatic carbocycles. The lowest BCUT2D eigenvalue weighted by atomic mass is 10.2. The summed E-state index contributed by atoms with van der Waals surface area (Å²) in [4.78, 5) is 0.